The number of methoxy groups -OCH3 is 1. The lowest BCUT2D eigenvalue weighted by Crippen LogP contribution is -2.43. The zero-order valence-corrected chi connectivity index (χ0v) is 17.4. The number of hydrogen-bond acceptors (Lipinski definition) is 5. The van der Waals surface area contributed by atoms with Crippen LogP contribution in [0.4, 0.5) is 10.3 Å². The zero-order valence-electron chi connectivity index (χ0n) is 17.4. The molecule has 160 valence electrons. The average molecular weight is 420 g/mol. The van der Waals surface area contributed by atoms with E-state index in [4.69, 9.17) is 4.74 Å². The minimum Gasteiger partial charge on any atom is -0.497 e. The zero-order chi connectivity index (χ0) is 21.6. The Morgan fingerprint density at radius 3 is 2.48 bits per heavy atom. The molecule has 1 amide bonds. The molecular weight excluding hydrogens is 395 g/mol. The molecule has 3 aromatic rings. The van der Waals surface area contributed by atoms with Crippen LogP contribution in [0, 0.1) is 11.7 Å². The summed E-state index contributed by atoms with van der Waals surface area (Å²) in [6.45, 7) is 1.89. The maximum atomic E-state index is 13.1. The smallest absolute Gasteiger partial charge is 0.225 e. The van der Waals surface area contributed by atoms with Crippen LogP contribution in [-0.4, -0.2) is 36.1 Å². The second-order valence-corrected chi connectivity index (χ2v) is 7.63. The van der Waals surface area contributed by atoms with Gasteiger partial charge in [0.2, 0.25) is 11.9 Å². The first-order valence-corrected chi connectivity index (χ1v) is 10.4. The first-order chi connectivity index (χ1) is 15.1. The summed E-state index contributed by atoms with van der Waals surface area (Å²) >= 11 is 0. The minimum absolute atomic E-state index is 0.0449. The largest absolute Gasteiger partial charge is 0.497 e. The molecule has 0 aliphatic carbocycles. The van der Waals surface area contributed by atoms with E-state index in [0.29, 0.717) is 19.0 Å². The highest BCUT2D eigenvalue weighted by molar-refractivity contribution is 5.79. The first-order valence-electron chi connectivity index (χ1n) is 10.4. The standard InChI is InChI=1S/C24H25FN4O2/c1-31-22-10-4-17(5-11-22)13-26-23(30)19-3-2-12-29(16-19)24-27-14-20(15-28-24)18-6-8-21(25)9-7-18/h4-11,14-15,19H,2-3,12-13,16H2,1H3,(H,26,30). The molecule has 1 aliphatic rings. The van der Waals surface area contributed by atoms with E-state index in [-0.39, 0.29) is 17.6 Å². The van der Waals surface area contributed by atoms with Crippen LogP contribution in [0.3, 0.4) is 0 Å². The molecule has 2 heterocycles. The molecule has 6 nitrogen and oxygen atoms in total. The summed E-state index contributed by atoms with van der Waals surface area (Å²) < 4.78 is 18.3. The lowest BCUT2D eigenvalue weighted by atomic mass is 9.97. The van der Waals surface area contributed by atoms with Crippen molar-refractivity contribution in [3.63, 3.8) is 0 Å². The number of rotatable bonds is 6. The summed E-state index contributed by atoms with van der Waals surface area (Å²) in [5.41, 5.74) is 2.72. The second kappa shape index (κ2) is 9.55. The molecule has 0 saturated carbocycles. The van der Waals surface area contributed by atoms with Crippen molar-refractivity contribution in [2.75, 3.05) is 25.1 Å². The van der Waals surface area contributed by atoms with E-state index in [9.17, 15) is 9.18 Å². The van der Waals surface area contributed by atoms with Crippen LogP contribution in [0.25, 0.3) is 11.1 Å². The third kappa shape index (κ3) is 5.17. The van der Waals surface area contributed by atoms with E-state index in [2.05, 4.69) is 20.2 Å². The predicted molar refractivity (Wildman–Crippen MR) is 117 cm³/mol. The molecule has 0 bridgehead atoms. The van der Waals surface area contributed by atoms with Gasteiger partial charge in [-0.2, -0.15) is 0 Å². The quantitative estimate of drug-likeness (QED) is 0.657. The lowest BCUT2D eigenvalue weighted by molar-refractivity contribution is -0.125. The molecule has 31 heavy (non-hydrogen) atoms. The SMILES string of the molecule is COc1ccc(CNC(=O)C2CCCN(c3ncc(-c4ccc(F)cc4)cn3)C2)cc1. The van der Waals surface area contributed by atoms with Gasteiger partial charge in [-0.3, -0.25) is 4.79 Å². The predicted octanol–water partition coefficient (Wildman–Crippen LogP) is 3.82. The van der Waals surface area contributed by atoms with Crippen LogP contribution in [0.15, 0.2) is 60.9 Å². The van der Waals surface area contributed by atoms with E-state index in [1.165, 1.54) is 12.1 Å². The number of benzene rings is 2. The van der Waals surface area contributed by atoms with Gasteiger partial charge >= 0.3 is 0 Å². The Hall–Kier alpha value is -3.48. The highest BCUT2D eigenvalue weighted by atomic mass is 19.1. The number of carbonyl (C=O) groups excluding carboxylic acids is 1. The molecule has 1 N–H and O–H groups in total. The van der Waals surface area contributed by atoms with E-state index in [1.54, 1.807) is 31.6 Å². The van der Waals surface area contributed by atoms with Crippen molar-refractivity contribution in [3.05, 3.63) is 72.3 Å². The molecule has 7 heteroatoms. The number of hydrogen-bond donors (Lipinski definition) is 1. The highest BCUT2D eigenvalue weighted by Crippen LogP contribution is 2.23. The molecule has 1 fully saturated rings. The normalized spacial score (nSPS) is 16.1. The molecule has 1 atom stereocenters. The average Bonchev–Trinajstić information content (AvgIpc) is 2.83. The van der Waals surface area contributed by atoms with Gasteiger partial charge in [0.05, 0.1) is 13.0 Å². The number of halogens is 1. The van der Waals surface area contributed by atoms with Gasteiger partial charge in [-0.25, -0.2) is 14.4 Å². The minimum atomic E-state index is -0.272. The first kappa shape index (κ1) is 20.8. The molecule has 0 radical (unpaired) electrons. The number of nitrogens with one attached hydrogen (secondary N) is 1. The Labute approximate surface area is 181 Å². The van der Waals surface area contributed by atoms with Crippen molar-refractivity contribution in [1.82, 2.24) is 15.3 Å². The molecular formula is C24H25FN4O2. The number of ether oxygens (including phenoxy) is 1. The van der Waals surface area contributed by atoms with Crippen molar-refractivity contribution in [2.24, 2.45) is 5.92 Å². The van der Waals surface area contributed by atoms with Gasteiger partial charge in [-0.05, 0) is 48.2 Å². The maximum Gasteiger partial charge on any atom is 0.225 e. The number of nitrogens with zero attached hydrogens (tertiary/aromatic N) is 3. The monoisotopic (exact) mass is 420 g/mol. The third-order valence-electron chi connectivity index (χ3n) is 5.52. The van der Waals surface area contributed by atoms with Crippen molar-refractivity contribution in [3.8, 4) is 16.9 Å². The van der Waals surface area contributed by atoms with Crippen LogP contribution in [0.5, 0.6) is 5.75 Å². The summed E-state index contributed by atoms with van der Waals surface area (Å²) in [5.74, 6) is 1.07. The summed E-state index contributed by atoms with van der Waals surface area (Å²) in [6.07, 6.45) is 5.23. The van der Waals surface area contributed by atoms with Crippen LogP contribution in [0.1, 0.15) is 18.4 Å². The van der Waals surface area contributed by atoms with Crippen LogP contribution in [-0.2, 0) is 11.3 Å². The van der Waals surface area contributed by atoms with Crippen LogP contribution >= 0.6 is 0 Å². The summed E-state index contributed by atoms with van der Waals surface area (Å²) in [5, 5.41) is 3.04. The summed E-state index contributed by atoms with van der Waals surface area (Å²) in [4.78, 5) is 23.7. The molecule has 1 aliphatic heterocycles. The van der Waals surface area contributed by atoms with Gasteiger partial charge in [0.1, 0.15) is 11.6 Å². The Morgan fingerprint density at radius 2 is 1.81 bits per heavy atom. The number of aromatic nitrogens is 2. The molecule has 0 spiro atoms. The van der Waals surface area contributed by atoms with Crippen LogP contribution in [0.2, 0.25) is 0 Å². The molecule has 4 rings (SSSR count). The van der Waals surface area contributed by atoms with E-state index in [1.807, 2.05) is 24.3 Å². The van der Waals surface area contributed by atoms with Gasteiger partial charge in [0, 0.05) is 37.6 Å². The van der Waals surface area contributed by atoms with Gasteiger partial charge in [-0.1, -0.05) is 24.3 Å². The molecule has 1 unspecified atom stereocenters. The van der Waals surface area contributed by atoms with Crippen molar-refractivity contribution < 1.29 is 13.9 Å². The van der Waals surface area contributed by atoms with Crippen molar-refractivity contribution in [1.29, 1.82) is 0 Å². The fourth-order valence-corrected chi connectivity index (χ4v) is 3.73. The Morgan fingerprint density at radius 1 is 1.10 bits per heavy atom. The summed E-state index contributed by atoms with van der Waals surface area (Å²) in [7, 11) is 1.63. The van der Waals surface area contributed by atoms with Gasteiger partial charge in [0.15, 0.2) is 0 Å². The highest BCUT2D eigenvalue weighted by Gasteiger charge is 2.27. The third-order valence-corrected chi connectivity index (χ3v) is 5.52. The Kier molecular flexibility index (Phi) is 6.40. The molecule has 2 aromatic carbocycles. The van der Waals surface area contributed by atoms with E-state index < -0.39 is 0 Å². The van der Waals surface area contributed by atoms with Crippen molar-refractivity contribution >= 4 is 11.9 Å². The number of piperidine rings is 1. The van der Waals surface area contributed by atoms with Crippen molar-refractivity contribution in [2.45, 2.75) is 19.4 Å². The maximum absolute atomic E-state index is 13.1. The fourth-order valence-electron chi connectivity index (χ4n) is 3.73. The Bertz CT molecular complexity index is 1010. The Balaban J connectivity index is 1.35. The number of anilines is 1. The topological polar surface area (TPSA) is 67.3 Å². The van der Waals surface area contributed by atoms with Gasteiger partial charge in [0.25, 0.3) is 0 Å². The van der Waals surface area contributed by atoms with E-state index >= 15 is 0 Å². The second-order valence-electron chi connectivity index (χ2n) is 7.63. The number of amides is 1. The number of carbonyl (C=O) groups is 1. The van der Waals surface area contributed by atoms with E-state index in [0.717, 1.165) is 41.8 Å². The summed E-state index contributed by atoms with van der Waals surface area (Å²) in [6, 6.07) is 13.9. The van der Waals surface area contributed by atoms with Crippen LogP contribution < -0.4 is 15.0 Å². The molecule has 1 aromatic heterocycles. The fraction of sp³-hybridized carbons (Fsp3) is 0.292. The molecule has 1 saturated heterocycles. The lowest BCUT2D eigenvalue weighted by Gasteiger charge is -2.32. The van der Waals surface area contributed by atoms with Gasteiger partial charge in [-0.15, -0.1) is 0 Å². The van der Waals surface area contributed by atoms with Gasteiger partial charge < -0.3 is 15.0 Å².